The second-order valence-electron chi connectivity index (χ2n) is 5.55. The van der Waals surface area contributed by atoms with Crippen molar-refractivity contribution >= 4 is 16.7 Å². The Kier molecular flexibility index (Phi) is 4.15. The maximum absolute atomic E-state index is 12.2. The molecule has 1 heterocycles. The van der Waals surface area contributed by atoms with Gasteiger partial charge < -0.3 is 4.74 Å². The highest BCUT2D eigenvalue weighted by Gasteiger charge is 2.27. The number of rotatable bonds is 4. The predicted octanol–water partition coefficient (Wildman–Crippen LogP) is 2.98. The number of carbonyl (C=O) groups is 1. The van der Waals surface area contributed by atoms with Gasteiger partial charge in [0, 0.05) is 29.4 Å². The molecule has 1 aliphatic rings. The topological polar surface area (TPSA) is 51.2 Å². The Morgan fingerprint density at radius 2 is 2.05 bits per heavy atom. The predicted molar refractivity (Wildman–Crippen MR) is 81.9 cm³/mol. The highest BCUT2D eigenvalue weighted by molar-refractivity contribution is 5.90. The summed E-state index contributed by atoms with van der Waals surface area (Å²) in [5.74, 6) is -0.250. The molecule has 0 saturated heterocycles. The van der Waals surface area contributed by atoms with Crippen molar-refractivity contribution < 1.29 is 9.53 Å². The molecule has 1 saturated carbocycles. The van der Waals surface area contributed by atoms with Crippen LogP contribution in [0.25, 0.3) is 10.8 Å². The van der Waals surface area contributed by atoms with Crippen LogP contribution in [0.1, 0.15) is 37.3 Å². The largest absolute Gasteiger partial charge is 0.468 e. The Balaban J connectivity index is 1.99. The van der Waals surface area contributed by atoms with E-state index in [4.69, 9.17) is 4.74 Å². The normalized spacial score (nSPS) is 17.0. The first kappa shape index (κ1) is 14.0. The molecule has 21 heavy (non-hydrogen) atoms. The van der Waals surface area contributed by atoms with Gasteiger partial charge in [-0.2, -0.15) is 0 Å². The second kappa shape index (κ2) is 6.22. The van der Waals surface area contributed by atoms with Crippen molar-refractivity contribution in [1.82, 2.24) is 10.3 Å². The molecule has 3 rings (SSSR count). The summed E-state index contributed by atoms with van der Waals surface area (Å²) in [6.07, 6.45) is 8.27. The molecule has 1 fully saturated rings. The van der Waals surface area contributed by atoms with Crippen LogP contribution in [0.5, 0.6) is 0 Å². The van der Waals surface area contributed by atoms with Gasteiger partial charge >= 0.3 is 5.97 Å². The molecule has 1 N–H and O–H groups in total. The first-order valence-corrected chi connectivity index (χ1v) is 7.46. The lowest BCUT2D eigenvalue weighted by molar-refractivity contribution is -0.143. The zero-order chi connectivity index (χ0) is 14.7. The SMILES string of the molecule is COC(=O)C(NC1CCCC1)c1cncc2ccccc12. The van der Waals surface area contributed by atoms with Crippen LogP contribution in [0, 0.1) is 0 Å². The molecule has 0 amide bonds. The highest BCUT2D eigenvalue weighted by atomic mass is 16.5. The minimum Gasteiger partial charge on any atom is -0.468 e. The van der Waals surface area contributed by atoms with Gasteiger partial charge in [-0.05, 0) is 18.2 Å². The van der Waals surface area contributed by atoms with E-state index in [9.17, 15) is 4.79 Å². The number of aromatic nitrogens is 1. The molecule has 0 aliphatic heterocycles. The number of hydrogen-bond acceptors (Lipinski definition) is 4. The smallest absolute Gasteiger partial charge is 0.327 e. The van der Waals surface area contributed by atoms with Crippen molar-refractivity contribution in [2.45, 2.75) is 37.8 Å². The molecule has 1 atom stereocenters. The van der Waals surface area contributed by atoms with E-state index < -0.39 is 6.04 Å². The number of ether oxygens (including phenoxy) is 1. The molecule has 1 unspecified atom stereocenters. The van der Waals surface area contributed by atoms with Crippen molar-refractivity contribution in [2.24, 2.45) is 0 Å². The number of fused-ring (bicyclic) bond motifs is 1. The number of pyridine rings is 1. The molecule has 1 aromatic heterocycles. The molecule has 1 aliphatic carbocycles. The quantitative estimate of drug-likeness (QED) is 0.877. The lowest BCUT2D eigenvalue weighted by Gasteiger charge is -2.22. The fourth-order valence-corrected chi connectivity index (χ4v) is 3.10. The van der Waals surface area contributed by atoms with Crippen LogP contribution in [0.4, 0.5) is 0 Å². The summed E-state index contributed by atoms with van der Waals surface area (Å²) in [6.45, 7) is 0. The number of nitrogens with one attached hydrogen (secondary N) is 1. The third-order valence-electron chi connectivity index (χ3n) is 4.20. The number of hydrogen-bond donors (Lipinski definition) is 1. The first-order chi connectivity index (χ1) is 10.3. The Morgan fingerprint density at radius 3 is 2.81 bits per heavy atom. The Labute approximate surface area is 124 Å². The van der Waals surface area contributed by atoms with E-state index in [1.165, 1.54) is 20.0 Å². The third-order valence-corrected chi connectivity index (χ3v) is 4.20. The molecule has 110 valence electrons. The number of carbonyl (C=O) groups excluding carboxylic acids is 1. The molecular formula is C17H20N2O2. The fourth-order valence-electron chi connectivity index (χ4n) is 3.10. The van der Waals surface area contributed by atoms with E-state index in [0.717, 1.165) is 29.2 Å². The monoisotopic (exact) mass is 284 g/mol. The zero-order valence-corrected chi connectivity index (χ0v) is 12.2. The molecule has 4 heteroatoms. The summed E-state index contributed by atoms with van der Waals surface area (Å²) < 4.78 is 5.00. The fraction of sp³-hybridized carbons (Fsp3) is 0.412. The molecule has 0 bridgehead atoms. The maximum atomic E-state index is 12.2. The first-order valence-electron chi connectivity index (χ1n) is 7.46. The molecule has 2 aromatic rings. The van der Waals surface area contributed by atoms with Crippen LogP contribution in [0.15, 0.2) is 36.7 Å². The molecule has 1 aromatic carbocycles. The number of esters is 1. The molecular weight excluding hydrogens is 264 g/mol. The van der Waals surface area contributed by atoms with Gasteiger partial charge in [0.15, 0.2) is 0 Å². The Morgan fingerprint density at radius 1 is 1.29 bits per heavy atom. The summed E-state index contributed by atoms with van der Waals surface area (Å²) in [7, 11) is 1.43. The number of benzene rings is 1. The number of methoxy groups -OCH3 is 1. The van der Waals surface area contributed by atoms with Crippen LogP contribution in [0.3, 0.4) is 0 Å². The van der Waals surface area contributed by atoms with Crippen molar-refractivity contribution in [1.29, 1.82) is 0 Å². The van der Waals surface area contributed by atoms with Gasteiger partial charge in [0.05, 0.1) is 7.11 Å². The summed E-state index contributed by atoms with van der Waals surface area (Å²) >= 11 is 0. The van der Waals surface area contributed by atoms with Gasteiger partial charge in [0.25, 0.3) is 0 Å². The van der Waals surface area contributed by atoms with E-state index in [1.54, 1.807) is 6.20 Å². The van der Waals surface area contributed by atoms with Crippen LogP contribution in [-0.2, 0) is 9.53 Å². The Hall–Kier alpha value is -1.94. The lowest BCUT2D eigenvalue weighted by atomic mass is 10.0. The standard InChI is InChI=1S/C17H20N2O2/c1-21-17(20)16(19-13-7-3-4-8-13)15-11-18-10-12-6-2-5-9-14(12)15/h2,5-6,9-11,13,16,19H,3-4,7-8H2,1H3. The van der Waals surface area contributed by atoms with E-state index in [-0.39, 0.29) is 5.97 Å². The van der Waals surface area contributed by atoms with Crippen molar-refractivity contribution in [3.8, 4) is 0 Å². The van der Waals surface area contributed by atoms with Crippen LogP contribution in [0.2, 0.25) is 0 Å². The van der Waals surface area contributed by atoms with E-state index in [1.807, 2.05) is 30.5 Å². The van der Waals surface area contributed by atoms with Gasteiger partial charge in [0.2, 0.25) is 0 Å². The zero-order valence-electron chi connectivity index (χ0n) is 12.2. The number of nitrogens with zero attached hydrogens (tertiary/aromatic N) is 1. The van der Waals surface area contributed by atoms with Gasteiger partial charge in [-0.25, -0.2) is 4.79 Å². The van der Waals surface area contributed by atoms with Crippen molar-refractivity contribution in [3.63, 3.8) is 0 Å². The summed E-state index contributed by atoms with van der Waals surface area (Å²) in [5, 5.41) is 5.55. The molecule has 0 radical (unpaired) electrons. The minimum atomic E-state index is -0.448. The summed E-state index contributed by atoms with van der Waals surface area (Å²) in [6, 6.07) is 7.93. The average molecular weight is 284 g/mol. The lowest BCUT2D eigenvalue weighted by Crippen LogP contribution is -2.36. The second-order valence-corrected chi connectivity index (χ2v) is 5.55. The summed E-state index contributed by atoms with van der Waals surface area (Å²) in [4.78, 5) is 16.5. The van der Waals surface area contributed by atoms with Crippen LogP contribution in [-0.4, -0.2) is 24.1 Å². The average Bonchev–Trinajstić information content (AvgIpc) is 3.04. The van der Waals surface area contributed by atoms with Gasteiger partial charge in [-0.15, -0.1) is 0 Å². The van der Waals surface area contributed by atoms with Gasteiger partial charge in [0.1, 0.15) is 6.04 Å². The minimum absolute atomic E-state index is 0.250. The van der Waals surface area contributed by atoms with Gasteiger partial charge in [-0.1, -0.05) is 37.1 Å². The van der Waals surface area contributed by atoms with Crippen molar-refractivity contribution in [2.75, 3.05) is 7.11 Å². The van der Waals surface area contributed by atoms with Crippen LogP contribution < -0.4 is 5.32 Å². The van der Waals surface area contributed by atoms with E-state index in [2.05, 4.69) is 10.3 Å². The molecule has 4 nitrogen and oxygen atoms in total. The Bertz CT molecular complexity index is 630. The van der Waals surface area contributed by atoms with E-state index in [0.29, 0.717) is 6.04 Å². The highest BCUT2D eigenvalue weighted by Crippen LogP contribution is 2.27. The van der Waals surface area contributed by atoms with Crippen molar-refractivity contribution in [3.05, 3.63) is 42.2 Å². The third kappa shape index (κ3) is 2.90. The van der Waals surface area contributed by atoms with Gasteiger partial charge in [-0.3, -0.25) is 10.3 Å². The molecule has 0 spiro atoms. The maximum Gasteiger partial charge on any atom is 0.327 e. The summed E-state index contributed by atoms with van der Waals surface area (Å²) in [5.41, 5.74) is 0.895. The van der Waals surface area contributed by atoms with Crippen LogP contribution >= 0.6 is 0 Å². The van der Waals surface area contributed by atoms with E-state index >= 15 is 0 Å².